The van der Waals surface area contributed by atoms with Crippen LogP contribution >= 0.6 is 11.6 Å². The number of pyridine rings is 2. The van der Waals surface area contributed by atoms with Gasteiger partial charge in [0.15, 0.2) is 0 Å². The number of carbonyl (C=O) groups excluding carboxylic acids is 1. The quantitative estimate of drug-likeness (QED) is 0.582. The summed E-state index contributed by atoms with van der Waals surface area (Å²) in [4.78, 5) is 23.8. The standard InChI is InChI=1S/C26H24ClN3O/c27-21-8-9-23-20(16-21)7-6-19-4-3-13-29-26(19)25(23)18-10-14-30(15-11-18)24(31)17-22-5-1-2-12-28-22/h1-5,8-9,12-13,16H,6-7,10-11,14-15,17H2. The zero-order valence-corrected chi connectivity index (χ0v) is 18.1. The number of rotatable bonds is 2. The fourth-order valence-corrected chi connectivity index (χ4v) is 4.87. The fraction of sp³-hybridized carbons (Fsp3) is 0.269. The molecule has 5 rings (SSSR count). The molecule has 0 radical (unpaired) electrons. The van der Waals surface area contributed by atoms with Gasteiger partial charge in [-0.3, -0.25) is 14.8 Å². The van der Waals surface area contributed by atoms with Gasteiger partial charge in [-0.05, 0) is 72.7 Å². The molecule has 156 valence electrons. The largest absolute Gasteiger partial charge is 0.342 e. The van der Waals surface area contributed by atoms with Crippen molar-refractivity contribution in [2.75, 3.05) is 13.1 Å². The third-order valence-electron chi connectivity index (χ3n) is 6.26. The number of aromatic nitrogens is 2. The highest BCUT2D eigenvalue weighted by molar-refractivity contribution is 6.30. The Bertz CT molecular complexity index is 1150. The fourth-order valence-electron chi connectivity index (χ4n) is 4.68. The second kappa shape index (κ2) is 8.64. The topological polar surface area (TPSA) is 46.1 Å². The molecular weight excluding hydrogens is 406 g/mol. The van der Waals surface area contributed by atoms with Crippen molar-refractivity contribution in [1.29, 1.82) is 0 Å². The van der Waals surface area contributed by atoms with Crippen LogP contribution < -0.4 is 0 Å². The van der Waals surface area contributed by atoms with Crippen LogP contribution in [0.4, 0.5) is 0 Å². The first-order chi connectivity index (χ1) is 15.2. The summed E-state index contributed by atoms with van der Waals surface area (Å²) in [6.07, 6.45) is 7.62. The van der Waals surface area contributed by atoms with Crippen molar-refractivity contribution in [3.63, 3.8) is 0 Å². The minimum atomic E-state index is 0.148. The molecule has 3 heterocycles. The predicted molar refractivity (Wildman–Crippen MR) is 123 cm³/mol. The van der Waals surface area contributed by atoms with Crippen LogP contribution in [0.25, 0.3) is 5.57 Å². The van der Waals surface area contributed by atoms with E-state index in [1.807, 2.05) is 41.4 Å². The average molecular weight is 430 g/mol. The molecule has 3 aromatic rings. The summed E-state index contributed by atoms with van der Waals surface area (Å²) < 4.78 is 0. The number of aryl methyl sites for hydroxylation is 2. The second-order valence-electron chi connectivity index (χ2n) is 8.17. The number of carbonyl (C=O) groups is 1. The Morgan fingerprint density at radius 2 is 1.71 bits per heavy atom. The lowest BCUT2D eigenvalue weighted by molar-refractivity contribution is -0.130. The number of likely N-dealkylation sites (tertiary alicyclic amines) is 1. The van der Waals surface area contributed by atoms with Gasteiger partial charge < -0.3 is 4.90 Å². The minimum Gasteiger partial charge on any atom is -0.342 e. The van der Waals surface area contributed by atoms with Crippen molar-refractivity contribution in [3.8, 4) is 0 Å². The lowest BCUT2D eigenvalue weighted by atomic mass is 9.88. The van der Waals surface area contributed by atoms with Gasteiger partial charge in [0.25, 0.3) is 0 Å². The Hall–Kier alpha value is -2.98. The number of amides is 1. The lowest BCUT2D eigenvalue weighted by Crippen LogP contribution is -2.37. The van der Waals surface area contributed by atoms with Gasteiger partial charge in [-0.25, -0.2) is 0 Å². The Labute approximate surface area is 187 Å². The van der Waals surface area contributed by atoms with Crippen LogP contribution in [0.1, 0.15) is 40.9 Å². The summed E-state index contributed by atoms with van der Waals surface area (Å²) in [7, 11) is 0. The molecule has 2 aliphatic rings. The van der Waals surface area contributed by atoms with Gasteiger partial charge in [-0.2, -0.15) is 0 Å². The van der Waals surface area contributed by atoms with E-state index in [4.69, 9.17) is 16.6 Å². The first-order valence-corrected chi connectivity index (χ1v) is 11.2. The summed E-state index contributed by atoms with van der Waals surface area (Å²) in [6.45, 7) is 1.46. The van der Waals surface area contributed by atoms with E-state index in [0.29, 0.717) is 6.42 Å². The molecule has 0 spiro atoms. The Morgan fingerprint density at radius 3 is 2.52 bits per heavy atom. The molecule has 1 amide bonds. The van der Waals surface area contributed by atoms with E-state index >= 15 is 0 Å². The van der Waals surface area contributed by atoms with Gasteiger partial charge in [-0.1, -0.05) is 35.4 Å². The van der Waals surface area contributed by atoms with Crippen LogP contribution in [0.5, 0.6) is 0 Å². The molecule has 2 aromatic heterocycles. The summed E-state index contributed by atoms with van der Waals surface area (Å²) in [5.74, 6) is 0.148. The van der Waals surface area contributed by atoms with Gasteiger partial charge in [0.1, 0.15) is 0 Å². The van der Waals surface area contributed by atoms with E-state index < -0.39 is 0 Å². The van der Waals surface area contributed by atoms with Crippen molar-refractivity contribution >= 4 is 23.1 Å². The number of piperidine rings is 1. The Balaban J connectivity index is 1.45. The van der Waals surface area contributed by atoms with Gasteiger partial charge in [0.2, 0.25) is 5.91 Å². The number of nitrogens with zero attached hydrogens (tertiary/aromatic N) is 3. The second-order valence-corrected chi connectivity index (χ2v) is 8.61. The highest BCUT2D eigenvalue weighted by atomic mass is 35.5. The lowest BCUT2D eigenvalue weighted by Gasteiger charge is -2.30. The van der Waals surface area contributed by atoms with Crippen LogP contribution in [0.3, 0.4) is 0 Å². The highest BCUT2D eigenvalue weighted by Crippen LogP contribution is 2.38. The number of benzene rings is 1. The van der Waals surface area contributed by atoms with Crippen molar-refractivity contribution in [3.05, 3.63) is 99.6 Å². The molecule has 31 heavy (non-hydrogen) atoms. The normalized spacial score (nSPS) is 15.8. The molecule has 0 atom stereocenters. The molecule has 1 saturated heterocycles. The summed E-state index contributed by atoms with van der Waals surface area (Å²) >= 11 is 6.31. The smallest absolute Gasteiger partial charge is 0.228 e. The summed E-state index contributed by atoms with van der Waals surface area (Å²) in [5.41, 5.74) is 8.35. The highest BCUT2D eigenvalue weighted by Gasteiger charge is 2.26. The van der Waals surface area contributed by atoms with Crippen molar-refractivity contribution < 1.29 is 4.79 Å². The number of hydrogen-bond donors (Lipinski definition) is 0. The predicted octanol–water partition coefficient (Wildman–Crippen LogP) is 4.90. The molecular formula is C26H24ClN3O. The summed E-state index contributed by atoms with van der Waals surface area (Å²) in [5, 5.41) is 0.775. The Morgan fingerprint density at radius 1 is 0.903 bits per heavy atom. The SMILES string of the molecule is O=C(Cc1ccccn1)N1CCC(=C2c3ccc(Cl)cc3CCc3cccnc32)CC1. The molecule has 1 aromatic carbocycles. The third kappa shape index (κ3) is 4.13. The molecule has 1 fully saturated rings. The molecule has 0 bridgehead atoms. The number of halogens is 1. The van der Waals surface area contributed by atoms with Crippen molar-refractivity contribution in [1.82, 2.24) is 14.9 Å². The average Bonchev–Trinajstić information content (AvgIpc) is 2.96. The third-order valence-corrected chi connectivity index (χ3v) is 6.50. The van der Waals surface area contributed by atoms with E-state index in [1.54, 1.807) is 6.20 Å². The molecule has 5 heteroatoms. The molecule has 0 saturated carbocycles. The van der Waals surface area contributed by atoms with E-state index in [2.05, 4.69) is 23.2 Å². The van der Waals surface area contributed by atoms with Gasteiger partial charge in [0.05, 0.1) is 12.1 Å². The van der Waals surface area contributed by atoms with Gasteiger partial charge >= 0.3 is 0 Å². The van der Waals surface area contributed by atoms with Crippen LogP contribution in [0.2, 0.25) is 5.02 Å². The van der Waals surface area contributed by atoms with E-state index in [9.17, 15) is 4.79 Å². The maximum absolute atomic E-state index is 12.8. The molecule has 0 N–H and O–H groups in total. The maximum atomic E-state index is 12.8. The van der Waals surface area contributed by atoms with Crippen molar-refractivity contribution in [2.24, 2.45) is 0 Å². The Kier molecular flexibility index (Phi) is 5.56. The maximum Gasteiger partial charge on any atom is 0.228 e. The molecule has 4 nitrogen and oxygen atoms in total. The van der Waals surface area contributed by atoms with Crippen LogP contribution in [-0.2, 0) is 24.1 Å². The first-order valence-electron chi connectivity index (χ1n) is 10.8. The van der Waals surface area contributed by atoms with Gasteiger partial charge in [-0.15, -0.1) is 0 Å². The van der Waals surface area contributed by atoms with E-state index in [1.165, 1.54) is 27.8 Å². The number of fused-ring (bicyclic) bond motifs is 2. The van der Waals surface area contributed by atoms with Crippen molar-refractivity contribution in [2.45, 2.75) is 32.1 Å². The zero-order valence-electron chi connectivity index (χ0n) is 17.4. The number of hydrogen-bond acceptors (Lipinski definition) is 3. The molecule has 1 aliphatic carbocycles. The van der Waals surface area contributed by atoms with E-state index in [0.717, 1.165) is 55.2 Å². The molecule has 1 aliphatic heterocycles. The van der Waals surface area contributed by atoms with Crippen LogP contribution in [0, 0.1) is 0 Å². The monoisotopic (exact) mass is 429 g/mol. The van der Waals surface area contributed by atoms with E-state index in [-0.39, 0.29) is 5.91 Å². The zero-order chi connectivity index (χ0) is 21.2. The van der Waals surface area contributed by atoms with Crippen LogP contribution in [0.15, 0.2) is 66.5 Å². The summed E-state index contributed by atoms with van der Waals surface area (Å²) in [6, 6.07) is 16.1. The van der Waals surface area contributed by atoms with Gasteiger partial charge in [0, 0.05) is 41.8 Å². The molecule has 0 unspecified atom stereocenters. The van der Waals surface area contributed by atoms with Crippen LogP contribution in [-0.4, -0.2) is 33.9 Å². The first kappa shape index (κ1) is 20.0. The minimum absolute atomic E-state index is 0.148.